The van der Waals surface area contributed by atoms with Crippen molar-refractivity contribution in [3.63, 3.8) is 0 Å². The first-order valence-electron chi connectivity index (χ1n) is 5.20. The van der Waals surface area contributed by atoms with E-state index >= 15 is 0 Å². The zero-order valence-electron chi connectivity index (χ0n) is 9.55. The van der Waals surface area contributed by atoms with Gasteiger partial charge in [0.25, 0.3) is 0 Å². The summed E-state index contributed by atoms with van der Waals surface area (Å²) in [6, 6.07) is 0. The van der Waals surface area contributed by atoms with E-state index in [1.165, 1.54) is 0 Å². The highest BCUT2D eigenvalue weighted by Gasteiger charge is 2.01. The molecule has 1 amide bonds. The van der Waals surface area contributed by atoms with Crippen molar-refractivity contribution in [3.8, 4) is 0 Å². The maximum Gasteiger partial charge on any atom is 0.222 e. The van der Waals surface area contributed by atoms with E-state index in [1.54, 1.807) is 19.0 Å². The SMILES string of the molecule is C/C=C/CCNCCCC(=O)N(C)C. The van der Waals surface area contributed by atoms with Gasteiger partial charge in [0.1, 0.15) is 0 Å². The van der Waals surface area contributed by atoms with E-state index in [2.05, 4.69) is 17.5 Å². The molecule has 0 bridgehead atoms. The first-order chi connectivity index (χ1) is 6.68. The van der Waals surface area contributed by atoms with Crippen LogP contribution < -0.4 is 5.32 Å². The predicted molar refractivity (Wildman–Crippen MR) is 60.2 cm³/mol. The molecule has 0 fully saturated rings. The third-order valence-electron chi connectivity index (χ3n) is 1.97. The number of amides is 1. The number of nitrogens with one attached hydrogen (secondary N) is 1. The lowest BCUT2D eigenvalue weighted by molar-refractivity contribution is -0.128. The Kier molecular flexibility index (Phi) is 8.24. The highest BCUT2D eigenvalue weighted by Crippen LogP contribution is 1.91. The molecule has 82 valence electrons. The van der Waals surface area contributed by atoms with E-state index in [1.807, 2.05) is 6.92 Å². The molecule has 0 aliphatic carbocycles. The van der Waals surface area contributed by atoms with Crippen LogP contribution >= 0.6 is 0 Å². The van der Waals surface area contributed by atoms with Crippen molar-refractivity contribution < 1.29 is 4.79 Å². The average Bonchev–Trinajstić information content (AvgIpc) is 2.16. The van der Waals surface area contributed by atoms with Gasteiger partial charge < -0.3 is 10.2 Å². The van der Waals surface area contributed by atoms with Crippen molar-refractivity contribution in [1.29, 1.82) is 0 Å². The maximum atomic E-state index is 11.2. The Balaban J connectivity index is 3.17. The molecule has 0 aliphatic heterocycles. The summed E-state index contributed by atoms with van der Waals surface area (Å²) in [6.45, 7) is 3.95. The molecule has 0 aromatic carbocycles. The van der Waals surface area contributed by atoms with Gasteiger partial charge in [-0.3, -0.25) is 4.79 Å². The summed E-state index contributed by atoms with van der Waals surface area (Å²) >= 11 is 0. The van der Waals surface area contributed by atoms with E-state index in [-0.39, 0.29) is 5.91 Å². The molecule has 0 atom stereocenters. The quantitative estimate of drug-likeness (QED) is 0.495. The third-order valence-corrected chi connectivity index (χ3v) is 1.97. The topological polar surface area (TPSA) is 32.3 Å². The van der Waals surface area contributed by atoms with Crippen LogP contribution in [0.3, 0.4) is 0 Å². The Labute approximate surface area is 87.2 Å². The smallest absolute Gasteiger partial charge is 0.222 e. The molecule has 0 aliphatic rings. The fraction of sp³-hybridized carbons (Fsp3) is 0.727. The Hall–Kier alpha value is -0.830. The van der Waals surface area contributed by atoms with Crippen LogP contribution in [0.5, 0.6) is 0 Å². The minimum atomic E-state index is 0.209. The van der Waals surface area contributed by atoms with E-state index in [0.717, 1.165) is 25.9 Å². The normalized spacial score (nSPS) is 10.8. The molecule has 0 rings (SSSR count). The Morgan fingerprint density at radius 3 is 2.64 bits per heavy atom. The molecule has 0 unspecified atom stereocenters. The maximum absolute atomic E-state index is 11.2. The number of hydrogen-bond donors (Lipinski definition) is 1. The van der Waals surface area contributed by atoms with Crippen molar-refractivity contribution in [1.82, 2.24) is 10.2 Å². The second kappa shape index (κ2) is 8.75. The third kappa shape index (κ3) is 7.80. The van der Waals surface area contributed by atoms with Crippen LogP contribution in [0.2, 0.25) is 0 Å². The molecular formula is C11H22N2O. The zero-order valence-corrected chi connectivity index (χ0v) is 9.55. The molecule has 0 saturated heterocycles. The first kappa shape index (κ1) is 13.2. The second-order valence-corrected chi connectivity index (χ2v) is 3.50. The summed E-state index contributed by atoms with van der Waals surface area (Å²) in [7, 11) is 3.59. The molecule has 0 saturated carbocycles. The van der Waals surface area contributed by atoms with Gasteiger partial charge in [-0.25, -0.2) is 0 Å². The Morgan fingerprint density at radius 1 is 1.36 bits per heavy atom. The van der Waals surface area contributed by atoms with E-state index < -0.39 is 0 Å². The van der Waals surface area contributed by atoms with Crippen LogP contribution in [0.25, 0.3) is 0 Å². The van der Waals surface area contributed by atoms with Crippen LogP contribution in [0, 0.1) is 0 Å². The van der Waals surface area contributed by atoms with E-state index in [0.29, 0.717) is 6.42 Å². The Bertz CT molecular complexity index is 176. The number of hydrogen-bond acceptors (Lipinski definition) is 2. The summed E-state index contributed by atoms with van der Waals surface area (Å²) in [5.74, 6) is 0.209. The number of carbonyl (C=O) groups excluding carboxylic acids is 1. The fourth-order valence-electron chi connectivity index (χ4n) is 1.07. The van der Waals surface area contributed by atoms with Gasteiger partial charge >= 0.3 is 0 Å². The number of nitrogens with zero attached hydrogens (tertiary/aromatic N) is 1. The highest BCUT2D eigenvalue weighted by atomic mass is 16.2. The van der Waals surface area contributed by atoms with Gasteiger partial charge in [-0.05, 0) is 32.9 Å². The minimum absolute atomic E-state index is 0.209. The molecule has 3 nitrogen and oxygen atoms in total. The van der Waals surface area contributed by atoms with Gasteiger partial charge in [0.2, 0.25) is 5.91 Å². The largest absolute Gasteiger partial charge is 0.349 e. The van der Waals surface area contributed by atoms with E-state index in [9.17, 15) is 4.79 Å². The van der Waals surface area contributed by atoms with Crippen LogP contribution in [-0.2, 0) is 4.79 Å². The highest BCUT2D eigenvalue weighted by molar-refractivity contribution is 5.75. The molecule has 3 heteroatoms. The molecule has 0 aromatic rings. The number of carbonyl (C=O) groups is 1. The Morgan fingerprint density at radius 2 is 2.07 bits per heavy atom. The average molecular weight is 198 g/mol. The lowest BCUT2D eigenvalue weighted by atomic mass is 10.3. The standard InChI is InChI=1S/C11H22N2O/c1-4-5-6-9-12-10-7-8-11(14)13(2)3/h4-5,12H,6-10H2,1-3H3/b5-4+. The molecule has 1 N–H and O–H groups in total. The number of rotatable bonds is 7. The van der Waals surface area contributed by atoms with Crippen LogP contribution in [-0.4, -0.2) is 38.0 Å². The second-order valence-electron chi connectivity index (χ2n) is 3.50. The van der Waals surface area contributed by atoms with Crippen molar-refractivity contribution in [2.75, 3.05) is 27.2 Å². The molecular weight excluding hydrogens is 176 g/mol. The minimum Gasteiger partial charge on any atom is -0.349 e. The monoisotopic (exact) mass is 198 g/mol. The summed E-state index contributed by atoms with van der Waals surface area (Å²) in [5.41, 5.74) is 0. The van der Waals surface area contributed by atoms with Crippen LogP contribution in [0.15, 0.2) is 12.2 Å². The summed E-state index contributed by atoms with van der Waals surface area (Å²) in [6.07, 6.45) is 6.82. The predicted octanol–water partition coefficient (Wildman–Crippen LogP) is 1.41. The molecule has 14 heavy (non-hydrogen) atoms. The lowest BCUT2D eigenvalue weighted by Gasteiger charge is -2.09. The number of allylic oxidation sites excluding steroid dienone is 1. The molecule has 0 heterocycles. The van der Waals surface area contributed by atoms with Gasteiger partial charge in [0, 0.05) is 20.5 Å². The van der Waals surface area contributed by atoms with Gasteiger partial charge in [-0.2, -0.15) is 0 Å². The van der Waals surface area contributed by atoms with Crippen molar-refractivity contribution >= 4 is 5.91 Å². The van der Waals surface area contributed by atoms with Crippen molar-refractivity contribution in [3.05, 3.63) is 12.2 Å². The first-order valence-corrected chi connectivity index (χ1v) is 5.20. The van der Waals surface area contributed by atoms with Crippen molar-refractivity contribution in [2.24, 2.45) is 0 Å². The summed E-state index contributed by atoms with van der Waals surface area (Å²) in [5, 5.41) is 3.29. The molecule has 0 aromatic heterocycles. The fourth-order valence-corrected chi connectivity index (χ4v) is 1.07. The van der Waals surface area contributed by atoms with Gasteiger partial charge in [-0.1, -0.05) is 12.2 Å². The van der Waals surface area contributed by atoms with Gasteiger partial charge in [-0.15, -0.1) is 0 Å². The zero-order chi connectivity index (χ0) is 10.8. The summed E-state index contributed by atoms with van der Waals surface area (Å²) < 4.78 is 0. The molecule has 0 spiro atoms. The van der Waals surface area contributed by atoms with E-state index in [4.69, 9.17) is 0 Å². The van der Waals surface area contributed by atoms with Crippen LogP contribution in [0.4, 0.5) is 0 Å². The van der Waals surface area contributed by atoms with Crippen LogP contribution in [0.1, 0.15) is 26.2 Å². The van der Waals surface area contributed by atoms with Gasteiger partial charge in [0.15, 0.2) is 0 Å². The lowest BCUT2D eigenvalue weighted by Crippen LogP contribution is -2.23. The molecule has 0 radical (unpaired) electrons. The van der Waals surface area contributed by atoms with Gasteiger partial charge in [0.05, 0.1) is 0 Å². The van der Waals surface area contributed by atoms with Crippen molar-refractivity contribution in [2.45, 2.75) is 26.2 Å². The summed E-state index contributed by atoms with van der Waals surface area (Å²) in [4.78, 5) is 12.8.